The predicted molar refractivity (Wildman–Crippen MR) is 69.4 cm³/mol. The summed E-state index contributed by atoms with van der Waals surface area (Å²) in [7, 11) is 0. The Balaban J connectivity index is 2.82. The Morgan fingerprint density at radius 1 is 1.13 bits per heavy atom. The molecule has 2 heteroatoms. The monoisotopic (exact) mass is 265 g/mol. The lowest BCUT2D eigenvalue weighted by Gasteiger charge is -2.25. The molecule has 0 atom stereocenters. The first-order valence-electron chi connectivity index (χ1n) is 5.18. The first kappa shape index (κ1) is 10.7. The van der Waals surface area contributed by atoms with Crippen LogP contribution in [-0.4, -0.2) is 4.57 Å². The van der Waals surface area contributed by atoms with Gasteiger partial charge in [-0.1, -0.05) is 22.0 Å². The van der Waals surface area contributed by atoms with Crippen molar-refractivity contribution in [3.63, 3.8) is 0 Å². The zero-order chi connectivity index (χ0) is 11.2. The van der Waals surface area contributed by atoms with Gasteiger partial charge in [0.1, 0.15) is 0 Å². The number of halogens is 1. The van der Waals surface area contributed by atoms with Crippen molar-refractivity contribution in [3.8, 4) is 0 Å². The fourth-order valence-corrected chi connectivity index (χ4v) is 2.55. The maximum absolute atomic E-state index is 3.53. The van der Waals surface area contributed by atoms with E-state index >= 15 is 0 Å². The average molecular weight is 266 g/mol. The first-order chi connectivity index (χ1) is 6.89. The lowest BCUT2D eigenvalue weighted by atomic mass is 10.1. The van der Waals surface area contributed by atoms with E-state index in [1.165, 1.54) is 16.6 Å². The van der Waals surface area contributed by atoms with E-state index in [4.69, 9.17) is 0 Å². The Morgan fingerprint density at radius 3 is 2.40 bits per heavy atom. The summed E-state index contributed by atoms with van der Waals surface area (Å²) in [6.07, 6.45) is 0. The molecule has 15 heavy (non-hydrogen) atoms. The first-order valence-corrected chi connectivity index (χ1v) is 5.97. The number of hydrogen-bond donors (Lipinski definition) is 0. The maximum atomic E-state index is 3.53. The van der Waals surface area contributed by atoms with Gasteiger partial charge in [-0.05, 0) is 51.3 Å². The molecule has 1 aromatic heterocycles. The van der Waals surface area contributed by atoms with Crippen LogP contribution in [0.2, 0.25) is 0 Å². The molecule has 0 radical (unpaired) electrons. The molecule has 0 saturated carbocycles. The lowest BCUT2D eigenvalue weighted by Crippen LogP contribution is -2.22. The molecule has 0 N–H and O–H groups in total. The van der Waals surface area contributed by atoms with Crippen molar-refractivity contribution in [1.82, 2.24) is 4.57 Å². The third-order valence-corrected chi connectivity index (χ3v) is 3.11. The summed E-state index contributed by atoms with van der Waals surface area (Å²) < 4.78 is 3.52. The number of aryl methyl sites for hydroxylation is 1. The van der Waals surface area contributed by atoms with E-state index in [1.54, 1.807) is 0 Å². The minimum Gasteiger partial charge on any atom is -0.340 e. The van der Waals surface area contributed by atoms with E-state index in [0.717, 1.165) is 4.47 Å². The fraction of sp³-hybridized carbons (Fsp3) is 0.385. The van der Waals surface area contributed by atoms with Crippen LogP contribution in [0.1, 0.15) is 26.5 Å². The topological polar surface area (TPSA) is 4.93 Å². The van der Waals surface area contributed by atoms with E-state index in [9.17, 15) is 0 Å². The SMILES string of the molecule is Cc1cc2ccc(Br)cc2n1C(C)(C)C. The largest absolute Gasteiger partial charge is 0.340 e. The van der Waals surface area contributed by atoms with Crippen molar-refractivity contribution in [2.45, 2.75) is 33.2 Å². The summed E-state index contributed by atoms with van der Waals surface area (Å²) >= 11 is 3.53. The second-order valence-corrected chi connectivity index (χ2v) is 5.91. The Labute approximate surface area is 99.2 Å². The van der Waals surface area contributed by atoms with Crippen LogP contribution in [0.5, 0.6) is 0 Å². The molecule has 2 aromatic rings. The molecule has 1 aromatic carbocycles. The summed E-state index contributed by atoms with van der Waals surface area (Å²) in [5.74, 6) is 0. The average Bonchev–Trinajstić information content (AvgIpc) is 2.38. The van der Waals surface area contributed by atoms with Gasteiger partial charge in [-0.25, -0.2) is 0 Å². The normalized spacial score (nSPS) is 12.3. The van der Waals surface area contributed by atoms with E-state index < -0.39 is 0 Å². The van der Waals surface area contributed by atoms with Crippen LogP contribution in [0.4, 0.5) is 0 Å². The molecule has 0 aliphatic carbocycles. The van der Waals surface area contributed by atoms with Crippen molar-refractivity contribution in [2.75, 3.05) is 0 Å². The Kier molecular flexibility index (Phi) is 2.42. The van der Waals surface area contributed by atoms with Gasteiger partial charge in [0.15, 0.2) is 0 Å². The summed E-state index contributed by atoms with van der Waals surface area (Å²) in [4.78, 5) is 0. The van der Waals surface area contributed by atoms with Gasteiger partial charge in [0.25, 0.3) is 0 Å². The third-order valence-electron chi connectivity index (χ3n) is 2.62. The summed E-state index contributed by atoms with van der Waals surface area (Å²) in [6.45, 7) is 8.88. The molecular formula is C13H16BrN. The molecule has 80 valence electrons. The van der Waals surface area contributed by atoms with Crippen LogP contribution in [-0.2, 0) is 5.54 Å². The van der Waals surface area contributed by atoms with Gasteiger partial charge < -0.3 is 4.57 Å². The van der Waals surface area contributed by atoms with Gasteiger partial charge >= 0.3 is 0 Å². The predicted octanol–water partition coefficient (Wildman–Crippen LogP) is 4.47. The van der Waals surface area contributed by atoms with E-state index in [2.05, 4.69) is 72.5 Å². The summed E-state index contributed by atoms with van der Waals surface area (Å²) in [5.41, 5.74) is 2.75. The van der Waals surface area contributed by atoms with E-state index in [0.29, 0.717) is 0 Å². The third kappa shape index (κ3) is 1.83. The second kappa shape index (κ2) is 3.38. The van der Waals surface area contributed by atoms with Gasteiger partial charge in [0.2, 0.25) is 0 Å². The number of rotatable bonds is 0. The van der Waals surface area contributed by atoms with E-state index in [-0.39, 0.29) is 5.54 Å². The number of hydrogen-bond acceptors (Lipinski definition) is 0. The van der Waals surface area contributed by atoms with Crippen LogP contribution in [0.15, 0.2) is 28.7 Å². The van der Waals surface area contributed by atoms with E-state index in [1.807, 2.05) is 0 Å². The van der Waals surface area contributed by atoms with Crippen LogP contribution in [0, 0.1) is 6.92 Å². The molecule has 0 aliphatic rings. The molecule has 0 fully saturated rings. The van der Waals surface area contributed by atoms with Gasteiger partial charge in [-0.15, -0.1) is 0 Å². The molecule has 1 nitrogen and oxygen atoms in total. The van der Waals surface area contributed by atoms with Crippen LogP contribution >= 0.6 is 15.9 Å². The van der Waals surface area contributed by atoms with Gasteiger partial charge in [0.05, 0.1) is 0 Å². The molecule has 0 saturated heterocycles. The zero-order valence-electron chi connectivity index (χ0n) is 9.63. The standard InChI is InChI=1S/C13H16BrN/c1-9-7-10-5-6-11(14)8-12(10)15(9)13(2,3)4/h5-8H,1-4H3. The molecule has 0 unspecified atom stereocenters. The van der Waals surface area contributed by atoms with Gasteiger partial charge in [-0.3, -0.25) is 0 Å². The highest BCUT2D eigenvalue weighted by molar-refractivity contribution is 9.10. The highest BCUT2D eigenvalue weighted by Gasteiger charge is 2.17. The summed E-state index contributed by atoms with van der Waals surface area (Å²) in [5, 5.41) is 1.31. The van der Waals surface area contributed by atoms with Crippen molar-refractivity contribution >= 4 is 26.8 Å². The molecule has 0 bridgehead atoms. The van der Waals surface area contributed by atoms with Gasteiger partial charge in [-0.2, -0.15) is 0 Å². The molecule has 0 amide bonds. The Morgan fingerprint density at radius 2 is 1.80 bits per heavy atom. The van der Waals surface area contributed by atoms with Crippen LogP contribution in [0.3, 0.4) is 0 Å². The second-order valence-electron chi connectivity index (χ2n) is 5.00. The van der Waals surface area contributed by atoms with Crippen molar-refractivity contribution in [2.24, 2.45) is 0 Å². The number of benzene rings is 1. The molecule has 1 heterocycles. The minimum atomic E-state index is 0.132. The van der Waals surface area contributed by atoms with Crippen LogP contribution in [0.25, 0.3) is 10.9 Å². The Hall–Kier alpha value is -0.760. The molecule has 2 rings (SSSR count). The zero-order valence-corrected chi connectivity index (χ0v) is 11.2. The van der Waals surface area contributed by atoms with Crippen LogP contribution < -0.4 is 0 Å². The number of nitrogens with zero attached hydrogens (tertiary/aromatic N) is 1. The van der Waals surface area contributed by atoms with Crippen molar-refractivity contribution in [3.05, 3.63) is 34.4 Å². The highest BCUT2D eigenvalue weighted by Crippen LogP contribution is 2.29. The smallest absolute Gasteiger partial charge is 0.0498 e. The molecule has 0 spiro atoms. The Bertz CT molecular complexity index is 503. The minimum absolute atomic E-state index is 0.132. The quantitative estimate of drug-likeness (QED) is 0.663. The molecular weight excluding hydrogens is 250 g/mol. The van der Waals surface area contributed by atoms with Gasteiger partial charge in [0, 0.05) is 21.2 Å². The number of fused-ring (bicyclic) bond motifs is 1. The van der Waals surface area contributed by atoms with Crippen molar-refractivity contribution < 1.29 is 0 Å². The molecule has 0 aliphatic heterocycles. The number of aromatic nitrogens is 1. The maximum Gasteiger partial charge on any atom is 0.0498 e. The lowest BCUT2D eigenvalue weighted by molar-refractivity contribution is 0.403. The highest BCUT2D eigenvalue weighted by atomic mass is 79.9. The fourth-order valence-electron chi connectivity index (χ4n) is 2.20. The van der Waals surface area contributed by atoms with Crippen molar-refractivity contribution in [1.29, 1.82) is 0 Å². The summed E-state index contributed by atoms with van der Waals surface area (Å²) in [6, 6.07) is 8.68.